The summed E-state index contributed by atoms with van der Waals surface area (Å²) in [5, 5.41) is 13.9. The fraction of sp³-hybridized carbons (Fsp3) is 0.333. The lowest BCUT2D eigenvalue weighted by Gasteiger charge is -2.16. The van der Waals surface area contributed by atoms with Gasteiger partial charge in [0.15, 0.2) is 0 Å². The lowest BCUT2D eigenvalue weighted by Crippen LogP contribution is -2.31. The van der Waals surface area contributed by atoms with Crippen molar-refractivity contribution in [2.24, 2.45) is 10.9 Å². The maximum atomic E-state index is 11.5. The molecule has 0 heterocycles. The molecular formula is C12H17N3O2. The fourth-order valence-electron chi connectivity index (χ4n) is 1.64. The molecule has 0 fully saturated rings. The minimum Gasteiger partial charge on any atom is -0.409 e. The number of hydrogen-bond acceptors (Lipinski definition) is 3. The van der Waals surface area contributed by atoms with E-state index < -0.39 is 0 Å². The van der Waals surface area contributed by atoms with Gasteiger partial charge in [-0.2, -0.15) is 0 Å². The summed E-state index contributed by atoms with van der Waals surface area (Å²) in [6, 6.07) is 7.72. The van der Waals surface area contributed by atoms with Crippen LogP contribution in [-0.2, 0) is 4.79 Å². The molecule has 92 valence electrons. The third-order valence-corrected chi connectivity index (χ3v) is 2.50. The first-order chi connectivity index (χ1) is 8.04. The number of benzene rings is 1. The number of rotatable bonds is 4. The predicted octanol–water partition coefficient (Wildman–Crippen LogP) is 1.31. The van der Waals surface area contributed by atoms with Gasteiger partial charge in [-0.05, 0) is 25.0 Å². The van der Waals surface area contributed by atoms with Gasteiger partial charge < -0.3 is 16.3 Å². The van der Waals surface area contributed by atoms with Gasteiger partial charge in [-0.15, -0.1) is 0 Å². The number of hydrogen-bond donors (Lipinski definition) is 3. The van der Waals surface area contributed by atoms with Gasteiger partial charge in [0, 0.05) is 0 Å². The van der Waals surface area contributed by atoms with E-state index in [2.05, 4.69) is 10.5 Å². The molecule has 0 radical (unpaired) electrons. The van der Waals surface area contributed by atoms with E-state index in [0.29, 0.717) is 0 Å². The van der Waals surface area contributed by atoms with Crippen molar-refractivity contribution in [2.45, 2.75) is 26.3 Å². The standard InChI is InChI=1S/C12H17N3O2/c1-8-5-3-4-6-10(8)9(2)14-12(16)7-11(13)15-17/h3-6,9,17H,7H2,1-2H3,(H2,13,15)(H,14,16). The average molecular weight is 235 g/mol. The molecule has 1 aromatic rings. The first-order valence-corrected chi connectivity index (χ1v) is 5.36. The molecule has 5 nitrogen and oxygen atoms in total. The third-order valence-electron chi connectivity index (χ3n) is 2.50. The summed E-state index contributed by atoms with van der Waals surface area (Å²) < 4.78 is 0. The Bertz CT molecular complexity index is 430. The van der Waals surface area contributed by atoms with Crippen LogP contribution in [0.3, 0.4) is 0 Å². The Labute approximate surface area is 100 Å². The van der Waals surface area contributed by atoms with Crippen LogP contribution in [0.4, 0.5) is 0 Å². The molecule has 0 spiro atoms. The van der Waals surface area contributed by atoms with Crippen molar-refractivity contribution in [1.82, 2.24) is 5.32 Å². The first kappa shape index (κ1) is 13.0. The molecule has 1 aromatic carbocycles. The van der Waals surface area contributed by atoms with Crippen LogP contribution in [0.2, 0.25) is 0 Å². The predicted molar refractivity (Wildman–Crippen MR) is 65.8 cm³/mol. The number of nitrogens with one attached hydrogen (secondary N) is 1. The summed E-state index contributed by atoms with van der Waals surface area (Å²) >= 11 is 0. The van der Waals surface area contributed by atoms with Gasteiger partial charge in [-0.25, -0.2) is 0 Å². The lowest BCUT2D eigenvalue weighted by atomic mass is 10.0. The van der Waals surface area contributed by atoms with Crippen molar-refractivity contribution in [1.29, 1.82) is 0 Å². The number of amidine groups is 1. The molecular weight excluding hydrogens is 218 g/mol. The normalized spacial score (nSPS) is 13.2. The van der Waals surface area contributed by atoms with E-state index >= 15 is 0 Å². The van der Waals surface area contributed by atoms with Crippen molar-refractivity contribution in [3.63, 3.8) is 0 Å². The number of amides is 1. The van der Waals surface area contributed by atoms with Crippen LogP contribution in [0.15, 0.2) is 29.4 Å². The fourth-order valence-corrected chi connectivity index (χ4v) is 1.64. The Balaban J connectivity index is 2.64. The molecule has 1 rings (SSSR count). The largest absolute Gasteiger partial charge is 0.409 e. The van der Waals surface area contributed by atoms with Crippen molar-refractivity contribution in [3.8, 4) is 0 Å². The van der Waals surface area contributed by atoms with Crippen molar-refractivity contribution >= 4 is 11.7 Å². The number of nitrogens with zero attached hydrogens (tertiary/aromatic N) is 1. The van der Waals surface area contributed by atoms with Crippen LogP contribution in [0.5, 0.6) is 0 Å². The summed E-state index contributed by atoms with van der Waals surface area (Å²) in [5.41, 5.74) is 7.43. The number of carbonyl (C=O) groups excluding carboxylic acids is 1. The molecule has 1 amide bonds. The van der Waals surface area contributed by atoms with Gasteiger partial charge in [0.05, 0.1) is 12.5 Å². The average Bonchev–Trinajstić information content (AvgIpc) is 2.29. The number of carbonyl (C=O) groups is 1. The van der Waals surface area contributed by atoms with E-state index in [1.165, 1.54) is 0 Å². The smallest absolute Gasteiger partial charge is 0.228 e. The zero-order valence-corrected chi connectivity index (χ0v) is 9.97. The molecule has 0 bridgehead atoms. The Morgan fingerprint density at radius 1 is 1.53 bits per heavy atom. The van der Waals surface area contributed by atoms with Gasteiger partial charge in [-0.3, -0.25) is 4.79 Å². The first-order valence-electron chi connectivity index (χ1n) is 5.36. The molecule has 1 unspecified atom stereocenters. The van der Waals surface area contributed by atoms with Crippen molar-refractivity contribution in [2.75, 3.05) is 0 Å². The summed E-state index contributed by atoms with van der Waals surface area (Å²) in [7, 11) is 0. The molecule has 0 aliphatic carbocycles. The molecule has 4 N–H and O–H groups in total. The molecule has 0 saturated carbocycles. The summed E-state index contributed by atoms with van der Waals surface area (Å²) in [6.07, 6.45) is -0.104. The summed E-state index contributed by atoms with van der Waals surface area (Å²) in [4.78, 5) is 11.5. The second-order valence-corrected chi connectivity index (χ2v) is 3.91. The van der Waals surface area contributed by atoms with Crippen LogP contribution in [0.25, 0.3) is 0 Å². The molecule has 0 saturated heterocycles. The molecule has 0 aromatic heterocycles. The number of aryl methyl sites for hydroxylation is 1. The zero-order chi connectivity index (χ0) is 12.8. The summed E-state index contributed by atoms with van der Waals surface area (Å²) in [6.45, 7) is 3.88. The molecule has 0 aliphatic rings. The Morgan fingerprint density at radius 2 is 2.18 bits per heavy atom. The van der Waals surface area contributed by atoms with Crippen LogP contribution < -0.4 is 11.1 Å². The SMILES string of the molecule is Cc1ccccc1C(C)NC(=O)C/C(N)=N/O. The highest BCUT2D eigenvalue weighted by Crippen LogP contribution is 2.16. The van der Waals surface area contributed by atoms with Crippen molar-refractivity contribution in [3.05, 3.63) is 35.4 Å². The Hall–Kier alpha value is -2.04. The highest BCUT2D eigenvalue weighted by atomic mass is 16.4. The highest BCUT2D eigenvalue weighted by molar-refractivity contribution is 5.98. The zero-order valence-electron chi connectivity index (χ0n) is 9.97. The van der Waals surface area contributed by atoms with E-state index in [4.69, 9.17) is 10.9 Å². The van der Waals surface area contributed by atoms with E-state index in [0.717, 1.165) is 11.1 Å². The van der Waals surface area contributed by atoms with E-state index in [1.807, 2.05) is 38.1 Å². The minimum absolute atomic E-state index is 0.0977. The maximum absolute atomic E-state index is 11.5. The van der Waals surface area contributed by atoms with Gasteiger partial charge in [-0.1, -0.05) is 29.4 Å². The van der Waals surface area contributed by atoms with Gasteiger partial charge in [0.25, 0.3) is 0 Å². The van der Waals surface area contributed by atoms with Gasteiger partial charge in [0.2, 0.25) is 5.91 Å². The lowest BCUT2D eigenvalue weighted by molar-refractivity contribution is -0.120. The van der Waals surface area contributed by atoms with E-state index in [1.54, 1.807) is 0 Å². The second-order valence-electron chi connectivity index (χ2n) is 3.91. The number of nitrogens with two attached hydrogens (primary N) is 1. The highest BCUT2D eigenvalue weighted by Gasteiger charge is 2.12. The Morgan fingerprint density at radius 3 is 2.76 bits per heavy atom. The Kier molecular flexibility index (Phi) is 4.51. The van der Waals surface area contributed by atoms with E-state index in [-0.39, 0.29) is 24.2 Å². The molecule has 17 heavy (non-hydrogen) atoms. The van der Waals surface area contributed by atoms with E-state index in [9.17, 15) is 4.79 Å². The van der Waals surface area contributed by atoms with Crippen molar-refractivity contribution < 1.29 is 10.0 Å². The number of oxime groups is 1. The summed E-state index contributed by atoms with van der Waals surface area (Å²) in [5.74, 6) is -0.365. The quantitative estimate of drug-likeness (QED) is 0.318. The van der Waals surface area contributed by atoms with Gasteiger partial charge in [0.1, 0.15) is 5.84 Å². The van der Waals surface area contributed by atoms with Crippen LogP contribution >= 0.6 is 0 Å². The maximum Gasteiger partial charge on any atom is 0.228 e. The third kappa shape index (κ3) is 3.79. The molecule has 1 atom stereocenters. The molecule has 0 aliphatic heterocycles. The van der Waals surface area contributed by atoms with Crippen LogP contribution in [-0.4, -0.2) is 17.0 Å². The van der Waals surface area contributed by atoms with Gasteiger partial charge >= 0.3 is 0 Å². The monoisotopic (exact) mass is 235 g/mol. The topological polar surface area (TPSA) is 87.7 Å². The molecule has 5 heteroatoms. The van der Waals surface area contributed by atoms with Crippen LogP contribution in [0.1, 0.15) is 30.5 Å². The second kappa shape index (κ2) is 5.89. The van der Waals surface area contributed by atoms with Crippen LogP contribution in [0, 0.1) is 6.92 Å². The minimum atomic E-state index is -0.268.